The molecule has 0 unspecified atom stereocenters. The van der Waals surface area contributed by atoms with Crippen molar-refractivity contribution < 1.29 is 14.0 Å². The maximum Gasteiger partial charge on any atom is 0.228 e. The van der Waals surface area contributed by atoms with Crippen LogP contribution in [0, 0.1) is 5.82 Å². The molecule has 0 aliphatic rings. The number of amides is 2. The predicted molar refractivity (Wildman–Crippen MR) is 96.9 cm³/mol. The van der Waals surface area contributed by atoms with Crippen LogP contribution >= 0.6 is 0 Å². The molecule has 0 aliphatic carbocycles. The zero-order valence-electron chi connectivity index (χ0n) is 14.1. The van der Waals surface area contributed by atoms with Gasteiger partial charge in [-0.2, -0.15) is 0 Å². The van der Waals surface area contributed by atoms with Gasteiger partial charge in [-0.15, -0.1) is 0 Å². The summed E-state index contributed by atoms with van der Waals surface area (Å²) >= 11 is 0. The number of nitrogens with one attached hydrogen (secondary N) is 2. The van der Waals surface area contributed by atoms with Crippen LogP contribution in [0.4, 0.5) is 15.8 Å². The monoisotopic (exact) mass is 343 g/mol. The van der Waals surface area contributed by atoms with E-state index in [-0.39, 0.29) is 37.0 Å². The van der Waals surface area contributed by atoms with E-state index in [0.29, 0.717) is 11.4 Å². The molecule has 2 amide bonds. The standard InChI is InChI=1S/C19H22FN3O2/c1-2-14-5-8-16(12-17(14)23-18(24)9-10-21)22-19(25)11-13-3-6-15(20)7-4-13/h3-8,12H,2,9-11,21H2,1H3,(H,22,25)(H,23,24). The van der Waals surface area contributed by atoms with Crippen molar-refractivity contribution in [3.63, 3.8) is 0 Å². The zero-order valence-corrected chi connectivity index (χ0v) is 14.1. The Morgan fingerprint density at radius 1 is 1.04 bits per heavy atom. The Morgan fingerprint density at radius 2 is 1.76 bits per heavy atom. The van der Waals surface area contributed by atoms with E-state index in [0.717, 1.165) is 17.5 Å². The molecule has 25 heavy (non-hydrogen) atoms. The summed E-state index contributed by atoms with van der Waals surface area (Å²) in [4.78, 5) is 23.9. The average molecular weight is 343 g/mol. The van der Waals surface area contributed by atoms with Crippen molar-refractivity contribution in [2.45, 2.75) is 26.2 Å². The number of hydrogen-bond acceptors (Lipinski definition) is 3. The van der Waals surface area contributed by atoms with Crippen LogP contribution in [0.3, 0.4) is 0 Å². The minimum absolute atomic E-state index is 0.144. The third kappa shape index (κ3) is 5.69. The van der Waals surface area contributed by atoms with E-state index < -0.39 is 0 Å². The van der Waals surface area contributed by atoms with Crippen LogP contribution in [0.2, 0.25) is 0 Å². The van der Waals surface area contributed by atoms with Gasteiger partial charge in [-0.1, -0.05) is 25.1 Å². The summed E-state index contributed by atoms with van der Waals surface area (Å²) in [5, 5.41) is 5.61. The van der Waals surface area contributed by atoms with E-state index in [9.17, 15) is 14.0 Å². The van der Waals surface area contributed by atoms with Crippen LogP contribution in [0.1, 0.15) is 24.5 Å². The first-order valence-electron chi connectivity index (χ1n) is 8.19. The van der Waals surface area contributed by atoms with Gasteiger partial charge in [0, 0.05) is 24.3 Å². The molecule has 0 saturated carbocycles. The van der Waals surface area contributed by atoms with E-state index in [2.05, 4.69) is 10.6 Å². The fourth-order valence-electron chi connectivity index (χ4n) is 2.42. The van der Waals surface area contributed by atoms with Gasteiger partial charge in [0.05, 0.1) is 6.42 Å². The zero-order chi connectivity index (χ0) is 18.2. The topological polar surface area (TPSA) is 84.2 Å². The fourth-order valence-corrected chi connectivity index (χ4v) is 2.42. The fraction of sp³-hybridized carbons (Fsp3) is 0.263. The Balaban J connectivity index is 2.06. The van der Waals surface area contributed by atoms with Crippen molar-refractivity contribution in [3.05, 3.63) is 59.4 Å². The number of hydrogen-bond donors (Lipinski definition) is 3. The first-order chi connectivity index (χ1) is 12.0. The molecule has 0 atom stereocenters. The molecule has 0 bridgehead atoms. The number of carbonyl (C=O) groups is 2. The smallest absolute Gasteiger partial charge is 0.228 e. The maximum atomic E-state index is 12.9. The van der Waals surface area contributed by atoms with Crippen molar-refractivity contribution in [2.75, 3.05) is 17.2 Å². The van der Waals surface area contributed by atoms with Crippen LogP contribution in [0.25, 0.3) is 0 Å². The number of carbonyl (C=O) groups excluding carboxylic acids is 2. The van der Waals surface area contributed by atoms with Gasteiger partial charge in [0.1, 0.15) is 5.82 Å². The summed E-state index contributed by atoms with van der Waals surface area (Å²) < 4.78 is 12.9. The van der Waals surface area contributed by atoms with E-state index in [1.54, 1.807) is 24.3 Å². The lowest BCUT2D eigenvalue weighted by Gasteiger charge is -2.13. The molecule has 0 spiro atoms. The van der Waals surface area contributed by atoms with E-state index in [1.165, 1.54) is 12.1 Å². The molecular formula is C19H22FN3O2. The largest absolute Gasteiger partial charge is 0.330 e. The third-order valence-electron chi connectivity index (χ3n) is 3.70. The summed E-state index contributed by atoms with van der Waals surface area (Å²) in [7, 11) is 0. The number of halogens is 1. The third-order valence-corrected chi connectivity index (χ3v) is 3.70. The molecule has 132 valence electrons. The van der Waals surface area contributed by atoms with Gasteiger partial charge >= 0.3 is 0 Å². The van der Waals surface area contributed by atoms with Crippen molar-refractivity contribution in [1.29, 1.82) is 0 Å². The number of anilines is 2. The van der Waals surface area contributed by atoms with Gasteiger partial charge in [-0.25, -0.2) is 4.39 Å². The minimum Gasteiger partial charge on any atom is -0.330 e. The van der Waals surface area contributed by atoms with Crippen molar-refractivity contribution >= 4 is 23.2 Å². The second kappa shape index (κ2) is 8.94. The highest BCUT2D eigenvalue weighted by atomic mass is 19.1. The SMILES string of the molecule is CCc1ccc(NC(=O)Cc2ccc(F)cc2)cc1NC(=O)CCN. The predicted octanol–water partition coefficient (Wildman–Crippen LogP) is 2.86. The number of rotatable bonds is 7. The van der Waals surface area contributed by atoms with Gasteiger partial charge in [-0.05, 0) is 41.8 Å². The van der Waals surface area contributed by atoms with Crippen molar-refractivity contribution in [1.82, 2.24) is 0 Å². The first-order valence-corrected chi connectivity index (χ1v) is 8.19. The lowest BCUT2D eigenvalue weighted by molar-refractivity contribution is -0.116. The van der Waals surface area contributed by atoms with Crippen LogP contribution < -0.4 is 16.4 Å². The molecule has 0 aromatic heterocycles. The van der Waals surface area contributed by atoms with Crippen LogP contribution in [-0.2, 0) is 22.4 Å². The number of nitrogens with two attached hydrogens (primary N) is 1. The van der Waals surface area contributed by atoms with Gasteiger partial charge in [0.15, 0.2) is 0 Å². The van der Waals surface area contributed by atoms with E-state index in [4.69, 9.17) is 5.73 Å². The Kier molecular flexibility index (Phi) is 6.65. The van der Waals surface area contributed by atoms with Gasteiger partial charge < -0.3 is 16.4 Å². The second-order valence-electron chi connectivity index (χ2n) is 5.66. The Bertz CT molecular complexity index is 745. The molecule has 0 fully saturated rings. The Hall–Kier alpha value is -2.73. The van der Waals surface area contributed by atoms with Gasteiger partial charge in [0.25, 0.3) is 0 Å². The molecule has 2 aromatic carbocycles. The van der Waals surface area contributed by atoms with Crippen LogP contribution in [-0.4, -0.2) is 18.4 Å². The quantitative estimate of drug-likeness (QED) is 0.723. The average Bonchev–Trinajstić information content (AvgIpc) is 2.57. The highest BCUT2D eigenvalue weighted by molar-refractivity contribution is 5.95. The summed E-state index contributed by atoms with van der Waals surface area (Å²) in [5.41, 5.74) is 8.34. The molecule has 0 radical (unpaired) electrons. The van der Waals surface area contributed by atoms with Crippen molar-refractivity contribution in [3.8, 4) is 0 Å². The summed E-state index contributed by atoms with van der Waals surface area (Å²) in [6.45, 7) is 2.27. The molecule has 0 heterocycles. The van der Waals surface area contributed by atoms with Crippen molar-refractivity contribution in [2.24, 2.45) is 5.73 Å². The number of benzene rings is 2. The summed E-state index contributed by atoms with van der Waals surface area (Å²) in [5.74, 6) is -0.709. The molecule has 6 heteroatoms. The van der Waals surface area contributed by atoms with Gasteiger partial charge in [0.2, 0.25) is 11.8 Å². The summed E-state index contributed by atoms with van der Waals surface area (Å²) in [6.07, 6.45) is 1.14. The normalized spacial score (nSPS) is 10.4. The molecule has 2 aromatic rings. The van der Waals surface area contributed by atoms with Crippen LogP contribution in [0.5, 0.6) is 0 Å². The lowest BCUT2D eigenvalue weighted by Crippen LogP contribution is -2.18. The first kappa shape index (κ1) is 18.6. The molecule has 0 aliphatic heterocycles. The summed E-state index contributed by atoms with van der Waals surface area (Å²) in [6, 6.07) is 11.2. The molecular weight excluding hydrogens is 321 g/mol. The van der Waals surface area contributed by atoms with Gasteiger partial charge in [-0.3, -0.25) is 9.59 Å². The number of aryl methyl sites for hydroxylation is 1. The molecule has 5 nitrogen and oxygen atoms in total. The minimum atomic E-state index is -0.336. The highest BCUT2D eigenvalue weighted by Crippen LogP contribution is 2.22. The van der Waals surface area contributed by atoms with Crippen LogP contribution in [0.15, 0.2) is 42.5 Å². The molecule has 0 saturated heterocycles. The second-order valence-corrected chi connectivity index (χ2v) is 5.66. The molecule has 4 N–H and O–H groups in total. The Labute approximate surface area is 146 Å². The lowest BCUT2D eigenvalue weighted by atomic mass is 10.1. The maximum absolute atomic E-state index is 12.9. The highest BCUT2D eigenvalue weighted by Gasteiger charge is 2.09. The van der Waals surface area contributed by atoms with E-state index in [1.807, 2.05) is 13.0 Å². The molecule has 2 rings (SSSR count). The Morgan fingerprint density at radius 3 is 2.40 bits per heavy atom. The van der Waals surface area contributed by atoms with E-state index >= 15 is 0 Å².